The molecule has 1 unspecified atom stereocenters. The third-order valence-corrected chi connectivity index (χ3v) is 1.86. The highest BCUT2D eigenvalue weighted by Gasteiger charge is 2.13. The zero-order valence-corrected chi connectivity index (χ0v) is 8.69. The Labute approximate surface area is 84.2 Å². The summed E-state index contributed by atoms with van der Waals surface area (Å²) < 4.78 is 4.97. The van der Waals surface area contributed by atoms with Crippen LogP contribution in [0.15, 0.2) is 11.8 Å². The molecular weight excluding hydrogens is 184 g/mol. The molecule has 0 heterocycles. The molecule has 0 fully saturated rings. The number of aliphatic hydroxyl groups excluding tert-OH is 2. The average Bonchev–Trinajstić information content (AvgIpc) is 2.16. The summed E-state index contributed by atoms with van der Waals surface area (Å²) in [5.41, 5.74) is -0.117. The molecule has 0 radical (unpaired) electrons. The first-order valence-electron chi connectivity index (χ1n) is 4.80. The van der Waals surface area contributed by atoms with Crippen LogP contribution in [0, 0.1) is 0 Å². The molecule has 0 spiro atoms. The number of esters is 1. The van der Waals surface area contributed by atoms with Crippen LogP contribution in [-0.2, 0) is 9.53 Å². The standard InChI is InChI=1S/C10H18O4/c1-3-4-5-8(2)14-10(13)9(6-11)7-12/h6,8,11-12H,3-5,7H2,1-2H3. The third-order valence-electron chi connectivity index (χ3n) is 1.86. The van der Waals surface area contributed by atoms with Gasteiger partial charge in [0, 0.05) is 0 Å². The van der Waals surface area contributed by atoms with Gasteiger partial charge in [0.2, 0.25) is 0 Å². The predicted octanol–water partition coefficient (Wildman–Crippen LogP) is 1.54. The van der Waals surface area contributed by atoms with E-state index >= 15 is 0 Å². The number of hydrogen-bond donors (Lipinski definition) is 2. The van der Waals surface area contributed by atoms with E-state index in [2.05, 4.69) is 6.92 Å². The molecule has 2 N–H and O–H groups in total. The monoisotopic (exact) mass is 202 g/mol. The Morgan fingerprint density at radius 1 is 1.57 bits per heavy atom. The lowest BCUT2D eigenvalue weighted by atomic mass is 10.2. The second kappa shape index (κ2) is 7.38. The Hall–Kier alpha value is -1.03. The van der Waals surface area contributed by atoms with Gasteiger partial charge in [-0.1, -0.05) is 19.8 Å². The van der Waals surface area contributed by atoms with E-state index in [-0.39, 0.29) is 11.7 Å². The Kier molecular flexibility index (Phi) is 6.84. The maximum atomic E-state index is 11.2. The van der Waals surface area contributed by atoms with Gasteiger partial charge in [-0.3, -0.25) is 0 Å². The lowest BCUT2D eigenvalue weighted by molar-refractivity contribution is -0.144. The Morgan fingerprint density at radius 3 is 2.64 bits per heavy atom. The molecule has 0 aromatic rings. The number of ether oxygens (including phenoxy) is 1. The molecular formula is C10H18O4. The lowest BCUT2D eigenvalue weighted by Gasteiger charge is -2.12. The van der Waals surface area contributed by atoms with E-state index in [4.69, 9.17) is 14.9 Å². The molecule has 0 aliphatic heterocycles. The first kappa shape index (κ1) is 13.0. The molecule has 14 heavy (non-hydrogen) atoms. The van der Waals surface area contributed by atoms with Crippen molar-refractivity contribution in [1.29, 1.82) is 0 Å². The van der Waals surface area contributed by atoms with Gasteiger partial charge in [-0.15, -0.1) is 0 Å². The van der Waals surface area contributed by atoms with Crippen molar-refractivity contribution in [3.8, 4) is 0 Å². The summed E-state index contributed by atoms with van der Waals surface area (Å²) in [5, 5.41) is 17.2. The Morgan fingerprint density at radius 2 is 2.21 bits per heavy atom. The van der Waals surface area contributed by atoms with E-state index < -0.39 is 12.6 Å². The molecule has 0 aromatic carbocycles. The molecule has 1 atom stereocenters. The maximum absolute atomic E-state index is 11.2. The van der Waals surface area contributed by atoms with E-state index in [9.17, 15) is 4.79 Å². The minimum Gasteiger partial charge on any atom is -0.515 e. The van der Waals surface area contributed by atoms with E-state index in [0.29, 0.717) is 6.26 Å². The first-order chi connectivity index (χ1) is 6.65. The third kappa shape index (κ3) is 4.87. The average molecular weight is 202 g/mol. The van der Waals surface area contributed by atoms with Gasteiger partial charge < -0.3 is 14.9 Å². The number of rotatable bonds is 6. The fraction of sp³-hybridized carbons (Fsp3) is 0.700. The SMILES string of the molecule is CCCCC(C)OC(=O)C(=CO)CO. The van der Waals surface area contributed by atoms with Crippen LogP contribution in [0.1, 0.15) is 33.1 Å². The van der Waals surface area contributed by atoms with Crippen LogP contribution in [0.3, 0.4) is 0 Å². The van der Waals surface area contributed by atoms with Crippen LogP contribution in [-0.4, -0.2) is 28.9 Å². The van der Waals surface area contributed by atoms with Crippen molar-refractivity contribution in [2.75, 3.05) is 6.61 Å². The molecule has 4 heteroatoms. The van der Waals surface area contributed by atoms with Gasteiger partial charge >= 0.3 is 5.97 Å². The second-order valence-electron chi connectivity index (χ2n) is 3.17. The molecule has 0 saturated carbocycles. The fourth-order valence-corrected chi connectivity index (χ4v) is 0.967. The van der Waals surface area contributed by atoms with Crippen LogP contribution in [0.5, 0.6) is 0 Å². The van der Waals surface area contributed by atoms with Gasteiger partial charge in [0.15, 0.2) is 0 Å². The molecule has 0 amide bonds. The molecule has 0 aliphatic rings. The van der Waals surface area contributed by atoms with Crippen molar-refractivity contribution in [2.45, 2.75) is 39.2 Å². The van der Waals surface area contributed by atoms with Crippen molar-refractivity contribution in [1.82, 2.24) is 0 Å². The van der Waals surface area contributed by atoms with Crippen LogP contribution in [0.25, 0.3) is 0 Å². The van der Waals surface area contributed by atoms with Crippen LogP contribution in [0.4, 0.5) is 0 Å². The van der Waals surface area contributed by atoms with Gasteiger partial charge in [0.05, 0.1) is 24.5 Å². The van der Waals surface area contributed by atoms with Gasteiger partial charge in [-0.05, 0) is 13.3 Å². The minimum absolute atomic E-state index is 0.117. The van der Waals surface area contributed by atoms with Gasteiger partial charge in [-0.25, -0.2) is 4.79 Å². The summed E-state index contributed by atoms with van der Waals surface area (Å²) in [6.45, 7) is 3.34. The van der Waals surface area contributed by atoms with Gasteiger partial charge in [0.25, 0.3) is 0 Å². The Balaban J connectivity index is 3.92. The zero-order valence-electron chi connectivity index (χ0n) is 8.69. The molecule has 0 saturated heterocycles. The van der Waals surface area contributed by atoms with Crippen molar-refractivity contribution in [3.63, 3.8) is 0 Å². The highest BCUT2D eigenvalue weighted by atomic mass is 16.5. The van der Waals surface area contributed by atoms with Crippen LogP contribution >= 0.6 is 0 Å². The molecule has 82 valence electrons. The van der Waals surface area contributed by atoms with Crippen LogP contribution in [0.2, 0.25) is 0 Å². The first-order valence-corrected chi connectivity index (χ1v) is 4.80. The normalized spacial score (nSPS) is 13.8. The number of carbonyl (C=O) groups is 1. The maximum Gasteiger partial charge on any atom is 0.339 e. The number of unbranched alkanes of at least 4 members (excludes halogenated alkanes) is 1. The van der Waals surface area contributed by atoms with E-state index in [1.165, 1.54) is 0 Å². The second-order valence-corrected chi connectivity index (χ2v) is 3.17. The van der Waals surface area contributed by atoms with E-state index in [1.807, 2.05) is 0 Å². The molecule has 0 bridgehead atoms. The van der Waals surface area contributed by atoms with E-state index in [1.54, 1.807) is 6.92 Å². The molecule has 4 nitrogen and oxygen atoms in total. The van der Waals surface area contributed by atoms with Gasteiger partial charge in [-0.2, -0.15) is 0 Å². The predicted molar refractivity (Wildman–Crippen MR) is 52.9 cm³/mol. The highest BCUT2D eigenvalue weighted by molar-refractivity contribution is 5.88. The Bertz CT molecular complexity index is 198. The summed E-state index contributed by atoms with van der Waals surface area (Å²) in [7, 11) is 0. The number of carbonyl (C=O) groups excluding carboxylic acids is 1. The van der Waals surface area contributed by atoms with Crippen molar-refractivity contribution in [2.24, 2.45) is 0 Å². The smallest absolute Gasteiger partial charge is 0.339 e. The topological polar surface area (TPSA) is 66.8 Å². The highest BCUT2D eigenvalue weighted by Crippen LogP contribution is 2.06. The minimum atomic E-state index is -0.654. The zero-order chi connectivity index (χ0) is 11.0. The number of hydrogen-bond acceptors (Lipinski definition) is 4. The largest absolute Gasteiger partial charge is 0.515 e. The van der Waals surface area contributed by atoms with E-state index in [0.717, 1.165) is 19.3 Å². The molecule has 0 rings (SSSR count). The fourth-order valence-electron chi connectivity index (χ4n) is 0.967. The summed E-state index contributed by atoms with van der Waals surface area (Å²) in [6.07, 6.45) is 3.24. The van der Waals surface area contributed by atoms with Crippen molar-refractivity contribution < 1.29 is 19.7 Å². The summed E-state index contributed by atoms with van der Waals surface area (Å²) in [5.74, 6) is -0.654. The quantitative estimate of drug-likeness (QED) is 0.389. The number of aliphatic hydroxyl groups is 2. The lowest BCUT2D eigenvalue weighted by Crippen LogP contribution is -2.18. The molecule has 0 aliphatic carbocycles. The molecule has 0 aromatic heterocycles. The summed E-state index contributed by atoms with van der Waals surface area (Å²) in [4.78, 5) is 11.2. The van der Waals surface area contributed by atoms with Crippen LogP contribution < -0.4 is 0 Å². The van der Waals surface area contributed by atoms with Crippen molar-refractivity contribution in [3.05, 3.63) is 11.8 Å². The summed E-state index contributed by atoms with van der Waals surface area (Å²) >= 11 is 0. The van der Waals surface area contributed by atoms with Gasteiger partial charge in [0.1, 0.15) is 0 Å². The summed E-state index contributed by atoms with van der Waals surface area (Å²) in [6, 6.07) is 0. The van der Waals surface area contributed by atoms with Crippen molar-refractivity contribution >= 4 is 5.97 Å².